The Morgan fingerprint density at radius 3 is 2.12 bits per heavy atom. The van der Waals surface area contributed by atoms with Crippen LogP contribution in [0.15, 0.2) is 144 Å². The van der Waals surface area contributed by atoms with Crippen LogP contribution < -0.4 is 5.19 Å². The fraction of sp³-hybridized carbons (Fsp3) is 0.220. The molecule has 0 saturated heterocycles. The zero-order chi connectivity index (χ0) is 49.2. The van der Waals surface area contributed by atoms with E-state index in [1.54, 1.807) is 18.2 Å². The monoisotopic (exact) mass is 1070 g/mol. The fourth-order valence-electron chi connectivity index (χ4n) is 8.92. The molecule has 3 aromatic heterocycles. The number of rotatable bonds is 8. The summed E-state index contributed by atoms with van der Waals surface area (Å²) in [6.45, 7) is 17.4. The van der Waals surface area contributed by atoms with Crippen LogP contribution in [0.3, 0.4) is 0 Å². The molecule has 0 amide bonds. The number of fused-ring (bicyclic) bond motifs is 6. The first-order valence-electron chi connectivity index (χ1n) is 24.4. The number of halogens is 1. The smallest absolute Gasteiger partial charge is 0.126 e. The van der Waals surface area contributed by atoms with Gasteiger partial charge in [-0.1, -0.05) is 151 Å². The van der Waals surface area contributed by atoms with E-state index < -0.39 is 20.8 Å². The van der Waals surface area contributed by atoms with Crippen molar-refractivity contribution in [1.29, 1.82) is 0 Å². The SMILES string of the molecule is CC(C)c1cc(-c2ccccc2)cc(C(C)C)c1-n1c(-c2[c-]ccc3c2oc2cc(F)ccc23)nc2ccc3ccccc3c21.[2H]C([2H])([2H])c1c[c-]c(-c2cc(C([2H])(C)C)c([Si](C)(C)C)cn2)cc1.[Ir]. The van der Waals surface area contributed by atoms with E-state index in [0.29, 0.717) is 11.2 Å². The van der Waals surface area contributed by atoms with Crippen LogP contribution in [0.25, 0.3) is 83.2 Å². The van der Waals surface area contributed by atoms with Gasteiger partial charge >= 0.3 is 0 Å². The minimum absolute atomic E-state index is 0. The molecule has 4 nitrogen and oxygen atoms in total. The molecule has 1 radical (unpaired) electrons. The van der Waals surface area contributed by atoms with Gasteiger partial charge in [0.25, 0.3) is 0 Å². The Hall–Kier alpha value is -5.98. The number of benzene rings is 7. The first-order valence-corrected chi connectivity index (χ1v) is 25.9. The van der Waals surface area contributed by atoms with Crippen LogP contribution in [0.5, 0.6) is 0 Å². The summed E-state index contributed by atoms with van der Waals surface area (Å²) in [6, 6.07) is 49.9. The second kappa shape index (κ2) is 18.7. The molecular weight excluding hydrogens is 1010 g/mol. The quantitative estimate of drug-likeness (QED) is 0.113. The maximum absolute atomic E-state index is 14.3. The predicted molar refractivity (Wildman–Crippen MR) is 274 cm³/mol. The van der Waals surface area contributed by atoms with E-state index in [0.717, 1.165) is 66.5 Å². The third kappa shape index (κ3) is 8.85. The molecule has 7 aromatic carbocycles. The molecule has 335 valence electrons. The van der Waals surface area contributed by atoms with Crippen LogP contribution in [0, 0.1) is 24.8 Å². The number of hydrogen-bond donors (Lipinski definition) is 0. The third-order valence-corrected chi connectivity index (χ3v) is 14.3. The molecule has 0 aliphatic carbocycles. The van der Waals surface area contributed by atoms with Crippen molar-refractivity contribution in [2.75, 3.05) is 0 Å². The number of imidazole rings is 1. The standard InChI is InChI=1S/C41H32FN2O.C18H24NSi.Ir/c1-24(2)34-21-28(26-11-6-5-7-12-26)22-35(25(3)4)38(34)44-39-30-14-9-8-13-27(30)17-20-36(39)43-41(44)33-16-10-15-32-31-19-18-29(42)23-37(31)45-40(32)33;1-13(2)16-11-17(15-9-7-14(3)8-10-15)19-12-18(16)20(4,5)6;/h5-15,17-25H,1-4H3;7-9,11-13H,1-6H3;/q2*-1;/i;3D3,13D;. The molecule has 7 heteroatoms. The molecule has 0 bridgehead atoms. The van der Waals surface area contributed by atoms with Crippen molar-refractivity contribution in [1.82, 2.24) is 14.5 Å². The van der Waals surface area contributed by atoms with E-state index in [-0.39, 0.29) is 43.3 Å². The molecule has 0 fully saturated rings. The molecular formula is C59H56FIrN3OSi-2. The van der Waals surface area contributed by atoms with Crippen molar-refractivity contribution in [2.24, 2.45) is 0 Å². The number of furan rings is 1. The Bertz CT molecular complexity index is 3500. The van der Waals surface area contributed by atoms with Crippen molar-refractivity contribution >= 4 is 57.0 Å². The van der Waals surface area contributed by atoms with Crippen molar-refractivity contribution < 1.29 is 34.4 Å². The topological polar surface area (TPSA) is 43.9 Å². The van der Waals surface area contributed by atoms with Gasteiger partial charge in [-0.2, -0.15) is 0 Å². The first-order chi connectivity index (χ1) is 32.7. The molecule has 3 heterocycles. The minimum Gasteiger partial charge on any atom is -0.500 e. The van der Waals surface area contributed by atoms with Gasteiger partial charge in [0.2, 0.25) is 0 Å². The molecule has 0 saturated carbocycles. The summed E-state index contributed by atoms with van der Waals surface area (Å²) in [7, 11) is -1.61. The average molecular weight is 1070 g/mol. The van der Waals surface area contributed by atoms with Gasteiger partial charge < -0.3 is 14.0 Å². The van der Waals surface area contributed by atoms with Crippen LogP contribution in [0.2, 0.25) is 19.6 Å². The molecule has 0 N–H and O–H groups in total. The van der Waals surface area contributed by atoms with E-state index in [4.69, 9.17) is 14.9 Å². The molecule has 0 unspecified atom stereocenters. The first kappa shape index (κ1) is 41.4. The summed E-state index contributed by atoms with van der Waals surface area (Å²) < 4.78 is 53.8. The zero-order valence-electron chi connectivity index (χ0n) is 42.9. The molecule has 0 aliphatic rings. The van der Waals surface area contributed by atoms with Crippen LogP contribution in [-0.4, -0.2) is 22.6 Å². The number of nitrogens with zero attached hydrogens (tertiary/aromatic N) is 3. The number of pyridine rings is 1. The van der Waals surface area contributed by atoms with Crippen molar-refractivity contribution in [2.45, 2.75) is 85.8 Å². The second-order valence-corrected chi connectivity index (χ2v) is 23.8. The fourth-order valence-corrected chi connectivity index (χ4v) is 10.5. The molecule has 0 atom stereocenters. The van der Waals surface area contributed by atoms with Crippen molar-refractivity contribution in [3.63, 3.8) is 0 Å². The van der Waals surface area contributed by atoms with Gasteiger partial charge in [-0.15, -0.1) is 53.6 Å². The number of hydrogen-bond acceptors (Lipinski definition) is 3. The van der Waals surface area contributed by atoms with Crippen molar-refractivity contribution in [3.8, 4) is 39.5 Å². The van der Waals surface area contributed by atoms with Crippen molar-refractivity contribution in [3.05, 3.63) is 180 Å². The maximum atomic E-state index is 14.3. The molecule has 0 aliphatic heterocycles. The molecule has 10 rings (SSSR count). The molecule has 10 aromatic rings. The molecule has 66 heavy (non-hydrogen) atoms. The van der Waals surface area contributed by atoms with Crippen LogP contribution in [-0.2, 0) is 20.1 Å². The Morgan fingerprint density at radius 1 is 0.727 bits per heavy atom. The minimum atomic E-state index is -2.13. The second-order valence-electron chi connectivity index (χ2n) is 18.8. The summed E-state index contributed by atoms with van der Waals surface area (Å²) >= 11 is 0. The number of aryl methyl sites for hydroxylation is 1. The van der Waals surface area contributed by atoms with E-state index in [2.05, 4.69) is 148 Å². The van der Waals surface area contributed by atoms with E-state index >= 15 is 0 Å². The van der Waals surface area contributed by atoms with Crippen LogP contribution in [0.1, 0.15) is 87.0 Å². The summed E-state index contributed by atoms with van der Waals surface area (Å²) in [5.41, 5.74) is 12.6. The van der Waals surface area contributed by atoms with Gasteiger partial charge in [-0.05, 0) is 86.6 Å². The summed E-state index contributed by atoms with van der Waals surface area (Å²) in [5.74, 6) is 0.173. The largest absolute Gasteiger partial charge is 0.500 e. The summed E-state index contributed by atoms with van der Waals surface area (Å²) in [5, 5.41) is 5.24. The predicted octanol–water partition coefficient (Wildman–Crippen LogP) is 16.1. The van der Waals surface area contributed by atoms with Crippen LogP contribution in [0.4, 0.5) is 4.39 Å². The van der Waals surface area contributed by atoms with Gasteiger partial charge in [0.1, 0.15) is 11.4 Å². The Balaban J connectivity index is 0.000000224. The normalized spacial score (nSPS) is 13.1. The van der Waals surface area contributed by atoms with E-state index in [9.17, 15) is 4.39 Å². The summed E-state index contributed by atoms with van der Waals surface area (Å²) in [4.78, 5) is 9.89. The van der Waals surface area contributed by atoms with Gasteiger partial charge in [0.15, 0.2) is 0 Å². The third-order valence-electron chi connectivity index (χ3n) is 12.2. The Labute approximate surface area is 408 Å². The van der Waals surface area contributed by atoms with E-state index in [1.165, 1.54) is 45.6 Å². The Morgan fingerprint density at radius 2 is 1.45 bits per heavy atom. The number of aromatic nitrogens is 3. The zero-order valence-corrected chi connectivity index (χ0v) is 42.3. The maximum Gasteiger partial charge on any atom is 0.126 e. The van der Waals surface area contributed by atoms with Gasteiger partial charge in [0.05, 0.1) is 30.5 Å². The van der Waals surface area contributed by atoms with Crippen LogP contribution >= 0.6 is 0 Å². The van der Waals surface area contributed by atoms with E-state index in [1.807, 2.05) is 38.2 Å². The average Bonchev–Trinajstić information content (AvgIpc) is 3.89. The van der Waals surface area contributed by atoms with Gasteiger partial charge in [-0.3, -0.25) is 4.98 Å². The molecule has 0 spiro atoms. The van der Waals surface area contributed by atoms with Gasteiger partial charge in [0, 0.05) is 54.3 Å². The van der Waals surface area contributed by atoms with Gasteiger partial charge in [-0.25, -0.2) is 4.39 Å². The summed E-state index contributed by atoms with van der Waals surface area (Å²) in [6.07, 6.45) is 1.89. The Kier molecular flexibility index (Phi) is 11.8.